The number of nitrogens with two attached hydrogens (primary N) is 1. The van der Waals surface area contributed by atoms with Crippen LogP contribution in [-0.4, -0.2) is 20.4 Å². The van der Waals surface area contributed by atoms with Gasteiger partial charge in [0.05, 0.1) is 16.6 Å². The summed E-state index contributed by atoms with van der Waals surface area (Å²) in [6.07, 6.45) is 2.40. The zero-order valence-electron chi connectivity index (χ0n) is 14.2. The first-order chi connectivity index (χ1) is 12.6. The number of oxazole rings is 1. The van der Waals surface area contributed by atoms with Crippen molar-refractivity contribution in [3.63, 3.8) is 0 Å². The highest BCUT2D eigenvalue weighted by atomic mass is 16.4. The van der Waals surface area contributed by atoms with Crippen LogP contribution in [0.3, 0.4) is 0 Å². The van der Waals surface area contributed by atoms with E-state index in [4.69, 9.17) is 15.1 Å². The van der Waals surface area contributed by atoms with Gasteiger partial charge in [0.2, 0.25) is 0 Å². The lowest BCUT2D eigenvalue weighted by atomic mass is 10.1. The summed E-state index contributed by atoms with van der Waals surface area (Å²) in [4.78, 5) is 21.5. The summed E-state index contributed by atoms with van der Waals surface area (Å²) in [6, 6.07) is 11.0. The minimum atomic E-state index is -0.274. The molecule has 0 aliphatic heterocycles. The molecule has 0 spiro atoms. The number of nitrogens with zero attached hydrogens (tertiary/aromatic N) is 3. The highest BCUT2D eigenvalue weighted by Gasteiger charge is 2.28. The fourth-order valence-electron chi connectivity index (χ4n) is 3.35. The Bertz CT molecular complexity index is 1170. The van der Waals surface area contributed by atoms with Crippen LogP contribution in [0.5, 0.6) is 0 Å². The highest BCUT2D eigenvalue weighted by molar-refractivity contribution is 6.11. The third kappa shape index (κ3) is 2.32. The Balaban J connectivity index is 1.49. The van der Waals surface area contributed by atoms with Crippen molar-refractivity contribution in [1.29, 1.82) is 0 Å². The van der Waals surface area contributed by atoms with E-state index in [1.54, 1.807) is 18.2 Å². The van der Waals surface area contributed by atoms with Gasteiger partial charge in [-0.3, -0.25) is 4.79 Å². The number of amides is 1. The number of anilines is 2. The Labute approximate surface area is 148 Å². The summed E-state index contributed by atoms with van der Waals surface area (Å²) in [7, 11) is 2.04. The summed E-state index contributed by atoms with van der Waals surface area (Å²) in [5.74, 6) is 1.41. The predicted octanol–water partition coefficient (Wildman–Crippen LogP) is 3.43. The first kappa shape index (κ1) is 14.9. The minimum Gasteiger partial charge on any atom is -0.423 e. The summed E-state index contributed by atoms with van der Waals surface area (Å²) < 4.78 is 7.51. The number of nitrogen functional groups attached to an aromatic ring is 1. The van der Waals surface area contributed by atoms with E-state index in [0.29, 0.717) is 28.3 Å². The molecule has 2 aromatic carbocycles. The van der Waals surface area contributed by atoms with Gasteiger partial charge in [-0.25, -0.2) is 4.98 Å². The lowest BCUT2D eigenvalue weighted by molar-refractivity contribution is 0.102. The van der Waals surface area contributed by atoms with Gasteiger partial charge in [0.15, 0.2) is 5.58 Å². The number of benzene rings is 2. The molecule has 0 radical (unpaired) electrons. The maximum atomic E-state index is 12.7. The fourth-order valence-corrected chi connectivity index (χ4v) is 3.35. The molecule has 0 saturated heterocycles. The van der Waals surface area contributed by atoms with Gasteiger partial charge in [0, 0.05) is 18.7 Å². The average molecular weight is 347 g/mol. The number of para-hydroxylation sites is 1. The van der Waals surface area contributed by atoms with E-state index in [-0.39, 0.29) is 11.9 Å². The van der Waals surface area contributed by atoms with Gasteiger partial charge in [-0.15, -0.1) is 0 Å². The van der Waals surface area contributed by atoms with E-state index in [2.05, 4.69) is 14.9 Å². The molecule has 1 aliphatic carbocycles. The zero-order chi connectivity index (χ0) is 17.8. The lowest BCUT2D eigenvalue weighted by Crippen LogP contribution is -2.12. The summed E-state index contributed by atoms with van der Waals surface area (Å²) >= 11 is 0. The van der Waals surface area contributed by atoms with Gasteiger partial charge < -0.3 is 20.0 Å². The van der Waals surface area contributed by atoms with E-state index >= 15 is 0 Å². The number of fused-ring (bicyclic) bond motifs is 2. The van der Waals surface area contributed by atoms with E-state index in [0.717, 1.165) is 16.9 Å². The van der Waals surface area contributed by atoms with Crippen molar-refractivity contribution >= 4 is 39.7 Å². The monoisotopic (exact) mass is 347 g/mol. The van der Waals surface area contributed by atoms with Gasteiger partial charge in [-0.05, 0) is 43.2 Å². The first-order valence-corrected chi connectivity index (χ1v) is 8.53. The van der Waals surface area contributed by atoms with Crippen LogP contribution in [0.15, 0.2) is 40.8 Å². The molecule has 4 aromatic rings. The van der Waals surface area contributed by atoms with Crippen molar-refractivity contribution in [3.8, 4) is 0 Å². The molecule has 3 N–H and O–H groups in total. The van der Waals surface area contributed by atoms with Crippen molar-refractivity contribution in [2.45, 2.75) is 18.8 Å². The molecule has 2 heterocycles. The molecule has 2 aromatic heterocycles. The normalized spacial score (nSPS) is 14.2. The first-order valence-electron chi connectivity index (χ1n) is 8.53. The maximum absolute atomic E-state index is 12.7. The van der Waals surface area contributed by atoms with E-state index in [1.165, 1.54) is 12.8 Å². The van der Waals surface area contributed by atoms with Gasteiger partial charge in [-0.1, -0.05) is 6.07 Å². The standard InChI is InChI=1S/C19H17N5O2/c1-24-15-8-7-11(9-14(15)22-17(24)10-5-6-10)21-18(25)12-3-2-4-13-16(12)26-19(20)23-13/h2-4,7-10H,5-6H2,1H3,(H2,20,23)(H,21,25). The molecule has 7 heteroatoms. The maximum Gasteiger partial charge on any atom is 0.293 e. The highest BCUT2D eigenvalue weighted by Crippen LogP contribution is 2.40. The second-order valence-electron chi connectivity index (χ2n) is 6.67. The Morgan fingerprint density at radius 1 is 1.23 bits per heavy atom. The Kier molecular flexibility index (Phi) is 3.06. The zero-order valence-corrected chi connectivity index (χ0v) is 14.2. The second-order valence-corrected chi connectivity index (χ2v) is 6.67. The Hall–Kier alpha value is -3.35. The van der Waals surface area contributed by atoms with E-state index in [1.807, 2.05) is 25.2 Å². The molecule has 130 valence electrons. The molecular formula is C19H17N5O2. The molecule has 5 rings (SSSR count). The van der Waals surface area contributed by atoms with Crippen LogP contribution in [0, 0.1) is 0 Å². The van der Waals surface area contributed by atoms with Gasteiger partial charge in [-0.2, -0.15) is 4.98 Å². The number of aryl methyl sites for hydroxylation is 1. The predicted molar refractivity (Wildman–Crippen MR) is 99.1 cm³/mol. The number of imidazole rings is 1. The largest absolute Gasteiger partial charge is 0.423 e. The van der Waals surface area contributed by atoms with Crippen molar-refractivity contribution in [2.75, 3.05) is 11.1 Å². The van der Waals surface area contributed by atoms with Crippen LogP contribution < -0.4 is 11.1 Å². The minimum absolute atomic E-state index is 0.0442. The lowest BCUT2D eigenvalue weighted by Gasteiger charge is -2.06. The fraction of sp³-hybridized carbons (Fsp3) is 0.211. The molecule has 0 bridgehead atoms. The molecule has 0 atom stereocenters. The number of hydrogen-bond donors (Lipinski definition) is 2. The third-order valence-corrected chi connectivity index (χ3v) is 4.79. The number of carbonyl (C=O) groups excluding carboxylic acids is 1. The molecule has 0 unspecified atom stereocenters. The topological polar surface area (TPSA) is 99.0 Å². The van der Waals surface area contributed by atoms with E-state index < -0.39 is 0 Å². The van der Waals surface area contributed by atoms with Crippen LogP contribution in [0.2, 0.25) is 0 Å². The molecule has 1 saturated carbocycles. The Morgan fingerprint density at radius 3 is 2.88 bits per heavy atom. The SMILES string of the molecule is Cn1c(C2CC2)nc2cc(NC(=O)c3cccc4nc(N)oc34)ccc21. The smallest absolute Gasteiger partial charge is 0.293 e. The molecular weight excluding hydrogens is 330 g/mol. The van der Waals surface area contributed by atoms with Crippen LogP contribution in [0.25, 0.3) is 22.1 Å². The molecule has 1 aliphatic rings. The molecule has 1 amide bonds. The van der Waals surface area contributed by atoms with Crippen molar-refractivity contribution < 1.29 is 9.21 Å². The summed E-state index contributed by atoms with van der Waals surface area (Å²) in [5.41, 5.74) is 9.58. The van der Waals surface area contributed by atoms with Crippen LogP contribution in [-0.2, 0) is 7.05 Å². The van der Waals surface area contributed by atoms with Crippen molar-refractivity contribution in [1.82, 2.24) is 14.5 Å². The molecule has 7 nitrogen and oxygen atoms in total. The molecule has 26 heavy (non-hydrogen) atoms. The second kappa shape index (κ2) is 5.32. The van der Waals surface area contributed by atoms with Crippen molar-refractivity contribution in [3.05, 3.63) is 47.8 Å². The number of carbonyl (C=O) groups is 1. The summed E-state index contributed by atoms with van der Waals surface area (Å²) in [6.45, 7) is 0. The van der Waals surface area contributed by atoms with Crippen LogP contribution in [0.1, 0.15) is 34.9 Å². The average Bonchev–Trinajstić information content (AvgIpc) is 3.31. The number of hydrogen-bond acceptors (Lipinski definition) is 5. The van der Waals surface area contributed by atoms with Gasteiger partial charge >= 0.3 is 0 Å². The number of aromatic nitrogens is 3. The Morgan fingerprint density at radius 2 is 2.08 bits per heavy atom. The van der Waals surface area contributed by atoms with Crippen LogP contribution in [0.4, 0.5) is 11.7 Å². The number of rotatable bonds is 3. The van der Waals surface area contributed by atoms with Crippen LogP contribution >= 0.6 is 0 Å². The van der Waals surface area contributed by atoms with E-state index in [9.17, 15) is 4.79 Å². The van der Waals surface area contributed by atoms with Gasteiger partial charge in [0.1, 0.15) is 11.3 Å². The summed E-state index contributed by atoms with van der Waals surface area (Å²) in [5, 5.41) is 2.91. The third-order valence-electron chi connectivity index (χ3n) is 4.79. The van der Waals surface area contributed by atoms with Crippen molar-refractivity contribution in [2.24, 2.45) is 7.05 Å². The quantitative estimate of drug-likeness (QED) is 0.591. The molecule has 1 fully saturated rings. The number of nitrogens with one attached hydrogen (secondary N) is 1. The van der Waals surface area contributed by atoms with Gasteiger partial charge in [0.25, 0.3) is 11.9 Å².